The Kier molecular flexibility index (Phi) is 3.46. The molecule has 2 fully saturated rings. The van der Waals surface area contributed by atoms with Gasteiger partial charge in [-0.25, -0.2) is 0 Å². The molecule has 0 bridgehead atoms. The number of nitrogens with zero attached hydrogens (tertiary/aromatic N) is 2. The molecule has 2 aliphatic carbocycles. The zero-order valence-electron chi connectivity index (χ0n) is 11.1. The summed E-state index contributed by atoms with van der Waals surface area (Å²) in [5.41, 5.74) is 6.49. The largest absolute Gasteiger partial charge is 0.476 e. The molecule has 0 spiro atoms. The highest BCUT2D eigenvalue weighted by atomic mass is 16.5. The standard InChI is InChI=1S/C14H21N3O2/c15-12-5-6-13(17(7-8-18)11-3-4-11)16-14(12)19-9-10-1-2-10/h5-6,10-11,18H,1-4,7-9,15H2. The van der Waals surface area contributed by atoms with E-state index in [0.29, 0.717) is 36.7 Å². The monoisotopic (exact) mass is 263 g/mol. The van der Waals surface area contributed by atoms with Gasteiger partial charge in [0, 0.05) is 12.6 Å². The quantitative estimate of drug-likeness (QED) is 0.778. The first-order valence-electron chi connectivity index (χ1n) is 7.04. The molecule has 0 unspecified atom stereocenters. The van der Waals surface area contributed by atoms with Crippen LogP contribution >= 0.6 is 0 Å². The molecule has 5 nitrogen and oxygen atoms in total. The van der Waals surface area contributed by atoms with E-state index >= 15 is 0 Å². The van der Waals surface area contributed by atoms with E-state index < -0.39 is 0 Å². The summed E-state index contributed by atoms with van der Waals surface area (Å²) >= 11 is 0. The van der Waals surface area contributed by atoms with Gasteiger partial charge < -0.3 is 20.5 Å². The number of anilines is 2. The van der Waals surface area contributed by atoms with Crippen LogP contribution in [0.25, 0.3) is 0 Å². The lowest BCUT2D eigenvalue weighted by Crippen LogP contribution is -2.29. The number of aliphatic hydroxyl groups excluding tert-OH is 1. The fraction of sp³-hybridized carbons (Fsp3) is 0.643. The van der Waals surface area contributed by atoms with Crippen LogP contribution in [0, 0.1) is 5.92 Å². The lowest BCUT2D eigenvalue weighted by atomic mass is 10.3. The van der Waals surface area contributed by atoms with Crippen LogP contribution in [-0.4, -0.2) is 35.9 Å². The maximum Gasteiger partial charge on any atom is 0.239 e. The van der Waals surface area contributed by atoms with Crippen molar-refractivity contribution >= 4 is 11.5 Å². The molecule has 1 aromatic heterocycles. The number of hydrogen-bond acceptors (Lipinski definition) is 5. The molecule has 0 aromatic carbocycles. The van der Waals surface area contributed by atoms with Crippen molar-refractivity contribution < 1.29 is 9.84 Å². The SMILES string of the molecule is Nc1ccc(N(CCO)C2CC2)nc1OCC1CC1. The number of nitrogen functional groups attached to an aromatic ring is 1. The van der Waals surface area contributed by atoms with E-state index in [1.165, 1.54) is 25.7 Å². The minimum Gasteiger partial charge on any atom is -0.476 e. The van der Waals surface area contributed by atoms with Crippen molar-refractivity contribution in [3.63, 3.8) is 0 Å². The van der Waals surface area contributed by atoms with Gasteiger partial charge in [-0.15, -0.1) is 0 Å². The Labute approximate surface area is 113 Å². The smallest absolute Gasteiger partial charge is 0.239 e. The van der Waals surface area contributed by atoms with Gasteiger partial charge in [0.1, 0.15) is 5.82 Å². The first-order chi connectivity index (χ1) is 9.28. The van der Waals surface area contributed by atoms with E-state index in [1.54, 1.807) is 0 Å². The summed E-state index contributed by atoms with van der Waals surface area (Å²) in [5.74, 6) is 2.08. The molecule has 0 aliphatic heterocycles. The van der Waals surface area contributed by atoms with Crippen LogP contribution in [0.1, 0.15) is 25.7 Å². The minimum atomic E-state index is 0.140. The summed E-state index contributed by atoms with van der Waals surface area (Å²) in [5, 5.41) is 9.16. The summed E-state index contributed by atoms with van der Waals surface area (Å²) in [6.45, 7) is 1.47. The maximum absolute atomic E-state index is 9.16. The molecule has 0 saturated heterocycles. The minimum absolute atomic E-state index is 0.140. The van der Waals surface area contributed by atoms with Crippen molar-refractivity contribution in [3.05, 3.63) is 12.1 Å². The molecule has 0 radical (unpaired) electrons. The molecule has 1 heterocycles. The second kappa shape index (κ2) is 5.25. The molecular weight excluding hydrogens is 242 g/mol. The summed E-state index contributed by atoms with van der Waals surface area (Å²) in [7, 11) is 0. The van der Waals surface area contributed by atoms with Crippen LogP contribution in [0.4, 0.5) is 11.5 Å². The van der Waals surface area contributed by atoms with Gasteiger partial charge in [0.15, 0.2) is 0 Å². The van der Waals surface area contributed by atoms with Crippen molar-refractivity contribution in [3.8, 4) is 5.88 Å². The predicted molar refractivity (Wildman–Crippen MR) is 74.3 cm³/mol. The number of rotatable bonds is 7. The van der Waals surface area contributed by atoms with Gasteiger partial charge >= 0.3 is 0 Å². The molecule has 19 heavy (non-hydrogen) atoms. The average molecular weight is 263 g/mol. The number of hydrogen-bond donors (Lipinski definition) is 2. The van der Waals surface area contributed by atoms with Crippen LogP contribution in [-0.2, 0) is 0 Å². The lowest BCUT2D eigenvalue weighted by Gasteiger charge is -2.23. The number of aromatic nitrogens is 1. The molecule has 0 atom stereocenters. The number of nitrogens with two attached hydrogens (primary N) is 1. The van der Waals surface area contributed by atoms with Gasteiger partial charge in [-0.2, -0.15) is 4.98 Å². The number of aliphatic hydroxyl groups is 1. The van der Waals surface area contributed by atoms with Gasteiger partial charge in [-0.1, -0.05) is 0 Å². The fourth-order valence-electron chi connectivity index (χ4n) is 2.18. The van der Waals surface area contributed by atoms with E-state index in [1.807, 2.05) is 12.1 Å². The van der Waals surface area contributed by atoms with E-state index in [2.05, 4.69) is 9.88 Å². The molecule has 3 rings (SSSR count). The van der Waals surface area contributed by atoms with Crippen molar-refractivity contribution in [2.75, 3.05) is 30.4 Å². The van der Waals surface area contributed by atoms with Gasteiger partial charge in [-0.3, -0.25) is 0 Å². The Morgan fingerprint density at radius 2 is 2.11 bits per heavy atom. The maximum atomic E-state index is 9.16. The van der Waals surface area contributed by atoms with E-state index in [4.69, 9.17) is 15.6 Å². The number of pyridine rings is 1. The predicted octanol–water partition coefficient (Wildman–Crippen LogP) is 1.41. The second-order valence-electron chi connectivity index (χ2n) is 5.47. The Morgan fingerprint density at radius 3 is 2.74 bits per heavy atom. The molecule has 104 valence electrons. The van der Waals surface area contributed by atoms with Crippen molar-refractivity contribution in [2.24, 2.45) is 5.92 Å². The summed E-state index contributed by atoms with van der Waals surface area (Å²) in [6.07, 6.45) is 4.84. The van der Waals surface area contributed by atoms with Crippen LogP contribution in [0.5, 0.6) is 5.88 Å². The number of ether oxygens (including phenoxy) is 1. The second-order valence-corrected chi connectivity index (χ2v) is 5.47. The molecule has 2 aliphatic rings. The highest BCUT2D eigenvalue weighted by molar-refractivity contribution is 5.55. The van der Waals surface area contributed by atoms with E-state index in [9.17, 15) is 0 Å². The fourth-order valence-corrected chi connectivity index (χ4v) is 2.18. The van der Waals surface area contributed by atoms with Crippen LogP contribution < -0.4 is 15.4 Å². The Bertz CT molecular complexity index is 444. The van der Waals surface area contributed by atoms with Gasteiger partial charge in [0.05, 0.1) is 18.9 Å². The third-order valence-corrected chi connectivity index (χ3v) is 3.65. The first kappa shape index (κ1) is 12.5. The third kappa shape index (κ3) is 3.10. The Balaban J connectivity index is 1.73. The van der Waals surface area contributed by atoms with Gasteiger partial charge in [0.2, 0.25) is 5.88 Å². The molecular formula is C14H21N3O2. The van der Waals surface area contributed by atoms with E-state index in [-0.39, 0.29) is 6.61 Å². The van der Waals surface area contributed by atoms with Crippen LogP contribution in [0.3, 0.4) is 0 Å². The summed E-state index contributed by atoms with van der Waals surface area (Å²) in [6, 6.07) is 4.27. The highest BCUT2D eigenvalue weighted by Gasteiger charge is 2.30. The van der Waals surface area contributed by atoms with Gasteiger partial charge in [-0.05, 0) is 43.7 Å². The first-order valence-corrected chi connectivity index (χ1v) is 7.04. The zero-order valence-corrected chi connectivity index (χ0v) is 11.1. The van der Waals surface area contributed by atoms with Gasteiger partial charge in [0.25, 0.3) is 0 Å². The summed E-state index contributed by atoms with van der Waals surface area (Å²) in [4.78, 5) is 6.66. The van der Waals surface area contributed by atoms with Crippen molar-refractivity contribution in [2.45, 2.75) is 31.7 Å². The zero-order chi connectivity index (χ0) is 13.2. The lowest BCUT2D eigenvalue weighted by molar-refractivity contribution is 0.289. The van der Waals surface area contributed by atoms with Crippen molar-refractivity contribution in [1.29, 1.82) is 0 Å². The molecule has 3 N–H and O–H groups in total. The average Bonchev–Trinajstić information content (AvgIpc) is 3.28. The molecule has 2 saturated carbocycles. The van der Waals surface area contributed by atoms with Crippen LogP contribution in [0.15, 0.2) is 12.1 Å². The third-order valence-electron chi connectivity index (χ3n) is 3.65. The molecule has 0 amide bonds. The van der Waals surface area contributed by atoms with E-state index in [0.717, 1.165) is 5.82 Å². The highest BCUT2D eigenvalue weighted by Crippen LogP contribution is 2.34. The Morgan fingerprint density at radius 1 is 1.32 bits per heavy atom. The topological polar surface area (TPSA) is 71.6 Å². The molecule has 5 heteroatoms. The summed E-state index contributed by atoms with van der Waals surface area (Å²) < 4.78 is 5.70. The Hall–Kier alpha value is -1.49. The molecule has 1 aromatic rings. The van der Waals surface area contributed by atoms with Crippen molar-refractivity contribution in [1.82, 2.24) is 4.98 Å². The normalized spacial score (nSPS) is 18.4. The van der Waals surface area contributed by atoms with Crippen LogP contribution in [0.2, 0.25) is 0 Å².